The third kappa shape index (κ3) is 4.00. The predicted octanol–water partition coefficient (Wildman–Crippen LogP) is 2.47. The van der Waals surface area contributed by atoms with Crippen molar-refractivity contribution < 1.29 is 14.7 Å². The summed E-state index contributed by atoms with van der Waals surface area (Å²) in [5, 5.41) is 8.87. The Kier molecular flexibility index (Phi) is 4.70. The van der Waals surface area contributed by atoms with Gasteiger partial charge in [-0.3, -0.25) is 9.59 Å². The zero-order valence-electron chi connectivity index (χ0n) is 11.8. The van der Waals surface area contributed by atoms with Crippen molar-refractivity contribution in [2.45, 2.75) is 37.6 Å². The van der Waals surface area contributed by atoms with Gasteiger partial charge in [0.05, 0.1) is 5.75 Å². The van der Waals surface area contributed by atoms with Crippen LogP contribution in [0, 0.1) is 13.8 Å². The molecule has 20 heavy (non-hydrogen) atoms. The van der Waals surface area contributed by atoms with E-state index in [-0.39, 0.29) is 18.5 Å². The third-order valence-electron chi connectivity index (χ3n) is 3.30. The number of aliphatic carboxylic acids is 1. The fraction of sp³-hybridized carbons (Fsp3) is 0.467. The summed E-state index contributed by atoms with van der Waals surface area (Å²) >= 11 is 1.48. The number of hydrogen-bond acceptors (Lipinski definition) is 3. The fourth-order valence-corrected chi connectivity index (χ4v) is 3.03. The number of nitrogens with zero attached hydrogens (tertiary/aromatic N) is 1. The molecule has 0 aromatic heterocycles. The number of benzene rings is 1. The second-order valence-corrected chi connectivity index (χ2v) is 6.22. The highest BCUT2D eigenvalue weighted by atomic mass is 32.2. The van der Waals surface area contributed by atoms with Gasteiger partial charge in [0.2, 0.25) is 5.91 Å². The minimum atomic E-state index is -0.943. The molecule has 0 aliphatic heterocycles. The quantitative estimate of drug-likeness (QED) is 0.819. The monoisotopic (exact) mass is 293 g/mol. The maximum absolute atomic E-state index is 12.2. The van der Waals surface area contributed by atoms with Gasteiger partial charge in [-0.15, -0.1) is 11.8 Å². The van der Waals surface area contributed by atoms with Crippen LogP contribution < -0.4 is 0 Å². The molecule has 4 nitrogen and oxygen atoms in total. The molecule has 0 saturated heterocycles. The van der Waals surface area contributed by atoms with Gasteiger partial charge in [-0.05, 0) is 38.3 Å². The van der Waals surface area contributed by atoms with Gasteiger partial charge >= 0.3 is 5.97 Å². The number of carbonyl (C=O) groups excluding carboxylic acids is 1. The molecule has 1 aliphatic rings. The lowest BCUT2D eigenvalue weighted by atomic mass is 10.2. The number of thioether (sulfide) groups is 1. The first-order valence-electron chi connectivity index (χ1n) is 6.68. The van der Waals surface area contributed by atoms with Gasteiger partial charge in [0.15, 0.2) is 0 Å². The van der Waals surface area contributed by atoms with Crippen LogP contribution in [0.4, 0.5) is 0 Å². The second kappa shape index (κ2) is 6.31. The van der Waals surface area contributed by atoms with E-state index >= 15 is 0 Å². The second-order valence-electron chi connectivity index (χ2n) is 5.20. The topological polar surface area (TPSA) is 57.6 Å². The molecule has 0 bridgehead atoms. The SMILES string of the molecule is Cc1ccc(SCC(=O)N(CC(=O)O)C2CC2)c(C)c1. The molecule has 0 heterocycles. The van der Waals surface area contributed by atoms with E-state index in [2.05, 4.69) is 6.07 Å². The minimum Gasteiger partial charge on any atom is -0.480 e. The average Bonchev–Trinajstić information content (AvgIpc) is 3.18. The molecule has 0 atom stereocenters. The zero-order chi connectivity index (χ0) is 14.7. The summed E-state index contributed by atoms with van der Waals surface area (Å²) in [5.41, 5.74) is 2.35. The van der Waals surface area contributed by atoms with E-state index in [9.17, 15) is 9.59 Å². The van der Waals surface area contributed by atoms with E-state index in [1.165, 1.54) is 22.2 Å². The molecule has 0 radical (unpaired) electrons. The summed E-state index contributed by atoms with van der Waals surface area (Å²) in [4.78, 5) is 25.5. The van der Waals surface area contributed by atoms with E-state index in [1.54, 1.807) is 0 Å². The first-order valence-corrected chi connectivity index (χ1v) is 7.67. The Balaban J connectivity index is 1.94. The number of hydrogen-bond donors (Lipinski definition) is 1. The number of rotatable bonds is 6. The van der Waals surface area contributed by atoms with Crippen LogP contribution in [0.3, 0.4) is 0 Å². The van der Waals surface area contributed by atoms with Crippen LogP contribution in [0.15, 0.2) is 23.1 Å². The molecule has 1 saturated carbocycles. The molecule has 1 amide bonds. The lowest BCUT2D eigenvalue weighted by molar-refractivity contribution is -0.143. The van der Waals surface area contributed by atoms with Crippen molar-refractivity contribution in [2.24, 2.45) is 0 Å². The van der Waals surface area contributed by atoms with Gasteiger partial charge < -0.3 is 10.0 Å². The summed E-state index contributed by atoms with van der Waals surface area (Å²) in [5.74, 6) is -0.727. The largest absolute Gasteiger partial charge is 0.480 e. The molecule has 108 valence electrons. The Bertz CT molecular complexity index is 526. The van der Waals surface area contributed by atoms with Gasteiger partial charge in [0.25, 0.3) is 0 Å². The van der Waals surface area contributed by atoms with Crippen molar-refractivity contribution in [3.05, 3.63) is 29.3 Å². The van der Waals surface area contributed by atoms with Crippen LogP contribution in [0.2, 0.25) is 0 Å². The summed E-state index contributed by atoms with van der Waals surface area (Å²) in [6, 6.07) is 6.26. The van der Waals surface area contributed by atoms with E-state index in [4.69, 9.17) is 5.11 Å². The van der Waals surface area contributed by atoms with Crippen LogP contribution in [0.1, 0.15) is 24.0 Å². The van der Waals surface area contributed by atoms with Crippen LogP contribution >= 0.6 is 11.8 Å². The predicted molar refractivity (Wildman–Crippen MR) is 79.0 cm³/mol. The van der Waals surface area contributed by atoms with Crippen LogP contribution in [0.5, 0.6) is 0 Å². The van der Waals surface area contributed by atoms with Crippen LogP contribution in [-0.4, -0.2) is 40.2 Å². The Morgan fingerprint density at radius 2 is 2.05 bits per heavy atom. The highest BCUT2D eigenvalue weighted by Crippen LogP contribution is 2.29. The van der Waals surface area contributed by atoms with Crippen molar-refractivity contribution in [1.82, 2.24) is 4.90 Å². The smallest absolute Gasteiger partial charge is 0.323 e. The molecule has 1 fully saturated rings. The van der Waals surface area contributed by atoms with E-state index in [0.717, 1.165) is 23.3 Å². The summed E-state index contributed by atoms with van der Waals surface area (Å²) in [7, 11) is 0. The van der Waals surface area contributed by atoms with Gasteiger partial charge in [-0.1, -0.05) is 17.7 Å². The summed E-state index contributed by atoms with van der Waals surface area (Å²) in [6.45, 7) is 3.88. The maximum Gasteiger partial charge on any atom is 0.323 e. The van der Waals surface area contributed by atoms with Gasteiger partial charge in [0, 0.05) is 10.9 Å². The molecule has 0 unspecified atom stereocenters. The first-order chi connectivity index (χ1) is 9.47. The normalized spacial score (nSPS) is 14.1. The highest BCUT2D eigenvalue weighted by molar-refractivity contribution is 8.00. The highest BCUT2D eigenvalue weighted by Gasteiger charge is 2.33. The number of carboxylic acid groups (broad SMARTS) is 1. The Labute approximate surface area is 123 Å². The molecule has 1 aliphatic carbocycles. The Morgan fingerprint density at radius 3 is 2.60 bits per heavy atom. The third-order valence-corrected chi connectivity index (χ3v) is 4.46. The van der Waals surface area contributed by atoms with Crippen molar-refractivity contribution in [3.8, 4) is 0 Å². The molecule has 1 N–H and O–H groups in total. The molecule has 1 aromatic carbocycles. The van der Waals surface area contributed by atoms with Crippen molar-refractivity contribution in [2.75, 3.05) is 12.3 Å². The standard InChI is InChI=1S/C15H19NO3S/c1-10-3-6-13(11(2)7-10)20-9-14(17)16(8-15(18)19)12-4-5-12/h3,6-7,12H,4-5,8-9H2,1-2H3,(H,18,19). The number of amides is 1. The molecule has 1 aromatic rings. The lowest BCUT2D eigenvalue weighted by Gasteiger charge is -2.20. The summed E-state index contributed by atoms with van der Waals surface area (Å²) in [6.07, 6.45) is 1.85. The molecule has 0 spiro atoms. The van der Waals surface area contributed by atoms with E-state index in [1.807, 2.05) is 26.0 Å². The summed E-state index contributed by atoms with van der Waals surface area (Å²) < 4.78 is 0. The molecule has 2 rings (SSSR count). The zero-order valence-corrected chi connectivity index (χ0v) is 12.6. The van der Waals surface area contributed by atoms with Crippen molar-refractivity contribution in [3.63, 3.8) is 0 Å². The Hall–Kier alpha value is -1.49. The van der Waals surface area contributed by atoms with Crippen molar-refractivity contribution in [1.29, 1.82) is 0 Å². The minimum absolute atomic E-state index is 0.0834. The lowest BCUT2D eigenvalue weighted by Crippen LogP contribution is -2.38. The van der Waals surface area contributed by atoms with Gasteiger partial charge in [-0.25, -0.2) is 0 Å². The Morgan fingerprint density at radius 1 is 1.35 bits per heavy atom. The number of carbonyl (C=O) groups is 2. The average molecular weight is 293 g/mol. The van der Waals surface area contributed by atoms with Crippen LogP contribution in [0.25, 0.3) is 0 Å². The van der Waals surface area contributed by atoms with E-state index < -0.39 is 5.97 Å². The maximum atomic E-state index is 12.2. The molecule has 5 heteroatoms. The molecular weight excluding hydrogens is 274 g/mol. The fourth-order valence-electron chi connectivity index (χ4n) is 2.14. The molecular formula is C15H19NO3S. The first kappa shape index (κ1) is 14.9. The van der Waals surface area contributed by atoms with Crippen LogP contribution in [-0.2, 0) is 9.59 Å². The van der Waals surface area contributed by atoms with Gasteiger partial charge in [-0.2, -0.15) is 0 Å². The number of carboxylic acids is 1. The van der Waals surface area contributed by atoms with Gasteiger partial charge in [0.1, 0.15) is 6.54 Å². The van der Waals surface area contributed by atoms with E-state index in [0.29, 0.717) is 5.75 Å². The van der Waals surface area contributed by atoms with Crippen molar-refractivity contribution >= 4 is 23.6 Å². The number of aryl methyl sites for hydroxylation is 2.